The Bertz CT molecular complexity index is 1340. The van der Waals surface area contributed by atoms with Crippen molar-refractivity contribution in [1.29, 1.82) is 0 Å². The van der Waals surface area contributed by atoms with Gasteiger partial charge in [0.05, 0.1) is 10.9 Å². The summed E-state index contributed by atoms with van der Waals surface area (Å²) in [5, 5.41) is 7.76. The molecule has 2 aliphatic heterocycles. The highest BCUT2D eigenvalue weighted by atomic mass is 16.5. The highest BCUT2D eigenvalue weighted by Gasteiger charge is 2.35. The van der Waals surface area contributed by atoms with E-state index in [-0.39, 0.29) is 11.8 Å². The third-order valence-corrected chi connectivity index (χ3v) is 7.26. The predicted molar refractivity (Wildman–Crippen MR) is 149 cm³/mol. The maximum Gasteiger partial charge on any atom is 0.325 e. The molecule has 3 amide bonds. The second kappa shape index (κ2) is 11.7. The van der Waals surface area contributed by atoms with Gasteiger partial charge in [0.15, 0.2) is 11.9 Å². The van der Waals surface area contributed by atoms with Crippen LogP contribution >= 0.6 is 0 Å². The van der Waals surface area contributed by atoms with E-state index in [4.69, 9.17) is 4.74 Å². The third-order valence-electron chi connectivity index (χ3n) is 7.26. The predicted octanol–water partition coefficient (Wildman–Crippen LogP) is 2.43. The van der Waals surface area contributed by atoms with Gasteiger partial charge in [-0.15, -0.1) is 0 Å². The smallest absolute Gasteiger partial charge is 0.325 e. The molecule has 2 aliphatic rings. The average molecular weight is 551 g/mol. The number of benzene rings is 1. The second-order valence-corrected chi connectivity index (χ2v) is 11.4. The van der Waals surface area contributed by atoms with Crippen molar-refractivity contribution in [2.24, 2.45) is 11.3 Å². The summed E-state index contributed by atoms with van der Waals surface area (Å²) in [5.74, 6) is -1.56. The van der Waals surface area contributed by atoms with Crippen LogP contribution < -0.4 is 16.1 Å². The Morgan fingerprint density at radius 3 is 2.58 bits per heavy atom. The zero-order chi connectivity index (χ0) is 29.2. The van der Waals surface area contributed by atoms with Crippen LogP contribution in [-0.4, -0.2) is 63.3 Å². The monoisotopic (exact) mass is 550 g/mol. The minimum Gasteiger partial charge on any atom is -0.453 e. The van der Waals surface area contributed by atoms with E-state index in [0.29, 0.717) is 30.7 Å². The Morgan fingerprint density at radius 1 is 1.10 bits per heavy atom. The summed E-state index contributed by atoms with van der Waals surface area (Å²) in [6, 6.07) is 3.19. The number of carbonyl (C=O) groups excluding carboxylic acids is 4. The van der Waals surface area contributed by atoms with Crippen LogP contribution in [-0.2, 0) is 23.9 Å². The lowest BCUT2D eigenvalue weighted by atomic mass is 9.89. The molecule has 1 fully saturated rings. The van der Waals surface area contributed by atoms with Gasteiger partial charge in [0.1, 0.15) is 18.1 Å². The van der Waals surface area contributed by atoms with Gasteiger partial charge in [-0.3, -0.25) is 24.2 Å². The Kier molecular flexibility index (Phi) is 8.53. The highest BCUT2D eigenvalue weighted by Crippen LogP contribution is 2.24. The second-order valence-electron chi connectivity index (χ2n) is 11.4. The van der Waals surface area contributed by atoms with E-state index in [2.05, 4.69) is 26.0 Å². The zero-order valence-corrected chi connectivity index (χ0v) is 23.9. The van der Waals surface area contributed by atoms with Crippen molar-refractivity contribution >= 4 is 40.7 Å². The molecule has 0 radical (unpaired) electrons. The molecule has 4 atom stereocenters. The first-order chi connectivity index (χ1) is 18.9. The number of esters is 1. The Morgan fingerprint density at radius 2 is 1.85 bits per heavy atom. The lowest BCUT2D eigenvalue weighted by Gasteiger charge is -2.35. The summed E-state index contributed by atoms with van der Waals surface area (Å²) in [6.45, 7) is 10.9. The fourth-order valence-electron chi connectivity index (χ4n) is 4.62. The van der Waals surface area contributed by atoms with Gasteiger partial charge in [-0.25, -0.2) is 15.4 Å². The van der Waals surface area contributed by atoms with E-state index < -0.39 is 47.4 Å². The Balaban J connectivity index is 1.70. The van der Waals surface area contributed by atoms with Crippen LogP contribution in [0.5, 0.6) is 0 Å². The van der Waals surface area contributed by atoms with Crippen molar-refractivity contribution in [2.75, 3.05) is 6.54 Å². The number of nitrogens with one attached hydrogen (secondary N) is 3. The standard InChI is InChI=1S/C29H38N6O5/c1-16(2)23-25(36)31-17(3)26(37)35-13-7-8-21(34-35)27(38)40-18(4)24-30-15-20-10-9-19(14-22(20)32-24)11-12-29(5,6)28(39)33-23/h9-12,14-18,21,23,34H,7-8,13H2,1-6H3,(H,31,36)(H,33,39)/b12-11+/t17-,18+,21-,23-/m0/s1. The fourth-order valence-corrected chi connectivity index (χ4v) is 4.62. The number of fused-ring (bicyclic) bond motifs is 4. The normalized spacial score (nSPS) is 27.2. The van der Waals surface area contributed by atoms with E-state index in [0.717, 1.165) is 10.9 Å². The van der Waals surface area contributed by atoms with Gasteiger partial charge >= 0.3 is 5.97 Å². The summed E-state index contributed by atoms with van der Waals surface area (Å²) in [7, 11) is 0. The molecule has 4 rings (SSSR count). The molecule has 3 heterocycles. The van der Waals surface area contributed by atoms with Gasteiger partial charge in [0, 0.05) is 18.1 Å². The lowest BCUT2D eigenvalue weighted by Crippen LogP contribution is -2.61. The maximum absolute atomic E-state index is 13.3. The van der Waals surface area contributed by atoms with E-state index in [1.807, 2.05) is 38.1 Å². The Labute approximate surface area is 234 Å². The fraction of sp³-hybridized carbons (Fsp3) is 0.517. The minimum absolute atomic E-state index is 0.226. The van der Waals surface area contributed by atoms with E-state index in [9.17, 15) is 19.2 Å². The molecule has 214 valence electrons. The molecule has 1 aromatic carbocycles. The first kappa shape index (κ1) is 29.1. The SMILES string of the molecule is CC(C)[C@@H]1NC(=O)C(C)(C)/C=C/c2ccc3cnc(nc3c2)[C@@H](C)OC(=O)[C@@H]2CCCN(N2)C(=O)[C@H](C)NC1=O. The summed E-state index contributed by atoms with van der Waals surface area (Å²) in [6.07, 6.45) is 5.64. The molecule has 11 heteroatoms. The molecule has 0 spiro atoms. The molecule has 1 aromatic heterocycles. The van der Waals surface area contributed by atoms with E-state index in [1.54, 1.807) is 40.0 Å². The minimum atomic E-state index is -0.936. The van der Waals surface area contributed by atoms with Crippen LogP contribution in [0, 0.1) is 11.3 Å². The van der Waals surface area contributed by atoms with Crippen molar-refractivity contribution in [3.8, 4) is 0 Å². The molecule has 40 heavy (non-hydrogen) atoms. The Hall–Kier alpha value is -3.86. The number of ether oxygens (including phenoxy) is 1. The number of amides is 3. The van der Waals surface area contributed by atoms with Gasteiger partial charge in [-0.1, -0.05) is 38.1 Å². The van der Waals surface area contributed by atoms with E-state index in [1.165, 1.54) is 5.01 Å². The molecule has 1 saturated heterocycles. The van der Waals surface area contributed by atoms with E-state index >= 15 is 0 Å². The number of aromatic nitrogens is 2. The van der Waals surface area contributed by atoms with Gasteiger partial charge in [-0.2, -0.15) is 0 Å². The van der Waals surface area contributed by atoms with Gasteiger partial charge in [0.2, 0.25) is 11.8 Å². The number of hydrogen-bond acceptors (Lipinski definition) is 8. The van der Waals surface area contributed by atoms with Gasteiger partial charge in [0.25, 0.3) is 5.91 Å². The molecular formula is C29H38N6O5. The van der Waals surface area contributed by atoms with Crippen LogP contribution in [0.15, 0.2) is 30.5 Å². The molecule has 11 nitrogen and oxygen atoms in total. The summed E-state index contributed by atoms with van der Waals surface area (Å²) >= 11 is 0. The maximum atomic E-state index is 13.3. The molecule has 5 bridgehead atoms. The van der Waals surface area contributed by atoms with Gasteiger partial charge in [-0.05, 0) is 58.1 Å². The molecule has 0 aliphatic carbocycles. The lowest BCUT2D eigenvalue weighted by molar-refractivity contribution is -0.157. The number of carbonyl (C=O) groups is 4. The number of hydrogen-bond donors (Lipinski definition) is 3. The number of hydrazine groups is 1. The number of nitrogens with zero attached hydrogens (tertiary/aromatic N) is 3. The van der Waals surface area contributed by atoms with Crippen molar-refractivity contribution in [1.82, 2.24) is 31.0 Å². The number of rotatable bonds is 1. The van der Waals surface area contributed by atoms with Crippen molar-refractivity contribution in [3.05, 3.63) is 41.9 Å². The molecule has 0 saturated carbocycles. The molecule has 2 aromatic rings. The highest BCUT2D eigenvalue weighted by molar-refractivity contribution is 5.94. The summed E-state index contributed by atoms with van der Waals surface area (Å²) in [4.78, 5) is 61.7. The van der Waals surface area contributed by atoms with Crippen LogP contribution in [0.1, 0.15) is 71.9 Å². The van der Waals surface area contributed by atoms with Crippen LogP contribution in [0.3, 0.4) is 0 Å². The van der Waals surface area contributed by atoms with Crippen LogP contribution in [0.4, 0.5) is 0 Å². The van der Waals surface area contributed by atoms with Crippen molar-refractivity contribution in [3.63, 3.8) is 0 Å². The van der Waals surface area contributed by atoms with Crippen molar-refractivity contribution < 1.29 is 23.9 Å². The first-order valence-corrected chi connectivity index (χ1v) is 13.7. The summed E-state index contributed by atoms with van der Waals surface area (Å²) < 4.78 is 5.68. The topological polar surface area (TPSA) is 143 Å². The molecule has 3 N–H and O–H groups in total. The largest absolute Gasteiger partial charge is 0.453 e. The van der Waals surface area contributed by atoms with Crippen LogP contribution in [0.2, 0.25) is 0 Å². The van der Waals surface area contributed by atoms with Crippen molar-refractivity contribution in [2.45, 2.75) is 78.6 Å². The zero-order valence-electron chi connectivity index (χ0n) is 23.9. The average Bonchev–Trinajstić information content (AvgIpc) is 2.92. The van der Waals surface area contributed by atoms with Gasteiger partial charge < -0.3 is 15.4 Å². The van der Waals surface area contributed by atoms with Crippen LogP contribution in [0.25, 0.3) is 17.0 Å². The summed E-state index contributed by atoms with van der Waals surface area (Å²) in [5.41, 5.74) is 3.51. The molecule has 0 unspecified atom stereocenters. The molecular weight excluding hydrogens is 512 g/mol. The number of cyclic esters (lactones) is 1. The first-order valence-electron chi connectivity index (χ1n) is 13.7. The third kappa shape index (κ3) is 6.47. The quantitative estimate of drug-likeness (QED) is 0.460.